The molecule has 8 heteroatoms. The SMILES string of the molecule is CN1CCN(C(=O)c2ccnc(Nc3c(Cl)cccc3Cl)n2)CC1. The number of nitrogens with one attached hydrogen (secondary N) is 1. The number of piperazine rings is 1. The summed E-state index contributed by atoms with van der Waals surface area (Å²) < 4.78 is 0. The van der Waals surface area contributed by atoms with Crippen LogP contribution >= 0.6 is 23.2 Å². The summed E-state index contributed by atoms with van der Waals surface area (Å²) in [6.45, 7) is 3.10. The molecule has 1 aliphatic rings. The van der Waals surface area contributed by atoms with Crippen molar-refractivity contribution in [1.82, 2.24) is 19.8 Å². The maximum absolute atomic E-state index is 12.6. The van der Waals surface area contributed by atoms with Crippen LogP contribution in [0.3, 0.4) is 0 Å². The number of hydrogen-bond acceptors (Lipinski definition) is 5. The fourth-order valence-corrected chi connectivity index (χ4v) is 2.93. The number of hydrogen-bond donors (Lipinski definition) is 1. The topological polar surface area (TPSA) is 61.4 Å². The highest BCUT2D eigenvalue weighted by Gasteiger charge is 2.21. The van der Waals surface area contributed by atoms with Crippen LogP contribution in [0.25, 0.3) is 0 Å². The summed E-state index contributed by atoms with van der Waals surface area (Å²) in [5.74, 6) is 0.184. The maximum Gasteiger partial charge on any atom is 0.272 e. The van der Waals surface area contributed by atoms with Gasteiger partial charge in [0.15, 0.2) is 0 Å². The molecule has 0 bridgehead atoms. The molecule has 1 aromatic carbocycles. The molecule has 0 unspecified atom stereocenters. The van der Waals surface area contributed by atoms with Gasteiger partial charge in [0.1, 0.15) is 5.69 Å². The Morgan fingerprint density at radius 2 is 1.79 bits per heavy atom. The van der Waals surface area contributed by atoms with Gasteiger partial charge in [0, 0.05) is 32.4 Å². The minimum absolute atomic E-state index is 0.0983. The minimum Gasteiger partial charge on any atom is -0.335 e. The lowest BCUT2D eigenvalue weighted by atomic mass is 10.3. The number of aromatic nitrogens is 2. The zero-order valence-electron chi connectivity index (χ0n) is 13.2. The smallest absolute Gasteiger partial charge is 0.272 e. The molecule has 1 fully saturated rings. The molecule has 1 saturated heterocycles. The number of likely N-dealkylation sites (N-methyl/N-ethyl adjacent to an activating group) is 1. The average molecular weight is 366 g/mol. The lowest BCUT2D eigenvalue weighted by molar-refractivity contribution is 0.0658. The second kappa shape index (κ2) is 7.34. The molecule has 0 spiro atoms. The van der Waals surface area contributed by atoms with Crippen molar-refractivity contribution in [1.29, 1.82) is 0 Å². The number of amides is 1. The van der Waals surface area contributed by atoms with Crippen LogP contribution in [-0.2, 0) is 0 Å². The lowest BCUT2D eigenvalue weighted by Gasteiger charge is -2.32. The first kappa shape index (κ1) is 17.0. The van der Waals surface area contributed by atoms with Crippen molar-refractivity contribution < 1.29 is 4.79 Å². The van der Waals surface area contributed by atoms with Gasteiger partial charge in [-0.3, -0.25) is 4.79 Å². The Balaban J connectivity index is 1.78. The fraction of sp³-hybridized carbons (Fsp3) is 0.312. The monoisotopic (exact) mass is 365 g/mol. The molecule has 0 aliphatic carbocycles. The summed E-state index contributed by atoms with van der Waals surface area (Å²) in [5.41, 5.74) is 0.866. The maximum atomic E-state index is 12.6. The first-order valence-electron chi connectivity index (χ1n) is 7.56. The summed E-state index contributed by atoms with van der Waals surface area (Å²) in [6, 6.07) is 6.80. The number of anilines is 2. The number of para-hydroxylation sites is 1. The van der Waals surface area contributed by atoms with E-state index in [-0.39, 0.29) is 11.9 Å². The predicted octanol–water partition coefficient (Wildman–Crippen LogP) is 2.91. The number of carbonyl (C=O) groups is 1. The van der Waals surface area contributed by atoms with E-state index in [1.807, 2.05) is 7.05 Å². The Morgan fingerprint density at radius 3 is 2.46 bits per heavy atom. The van der Waals surface area contributed by atoms with E-state index in [1.165, 1.54) is 0 Å². The van der Waals surface area contributed by atoms with Crippen molar-refractivity contribution in [3.8, 4) is 0 Å². The van der Waals surface area contributed by atoms with E-state index in [0.717, 1.165) is 13.1 Å². The normalized spacial score (nSPS) is 15.4. The molecular weight excluding hydrogens is 349 g/mol. The Labute approximate surface area is 150 Å². The van der Waals surface area contributed by atoms with E-state index >= 15 is 0 Å². The van der Waals surface area contributed by atoms with Gasteiger partial charge in [0.2, 0.25) is 5.95 Å². The van der Waals surface area contributed by atoms with Gasteiger partial charge in [-0.1, -0.05) is 29.3 Å². The van der Waals surface area contributed by atoms with Crippen LogP contribution in [0.15, 0.2) is 30.5 Å². The zero-order chi connectivity index (χ0) is 17.1. The second-order valence-electron chi connectivity index (χ2n) is 5.58. The van der Waals surface area contributed by atoms with E-state index in [9.17, 15) is 4.79 Å². The Morgan fingerprint density at radius 1 is 1.12 bits per heavy atom. The average Bonchev–Trinajstić information content (AvgIpc) is 2.59. The first-order chi connectivity index (χ1) is 11.5. The van der Waals surface area contributed by atoms with Crippen molar-refractivity contribution in [3.05, 3.63) is 46.2 Å². The highest BCUT2D eigenvalue weighted by Crippen LogP contribution is 2.31. The molecular formula is C16H17Cl2N5O. The van der Waals surface area contributed by atoms with Crippen molar-refractivity contribution >= 4 is 40.7 Å². The van der Waals surface area contributed by atoms with Gasteiger partial charge >= 0.3 is 0 Å². The molecule has 0 radical (unpaired) electrons. The van der Waals surface area contributed by atoms with Gasteiger partial charge < -0.3 is 15.1 Å². The van der Waals surface area contributed by atoms with E-state index < -0.39 is 0 Å². The minimum atomic E-state index is -0.0983. The zero-order valence-corrected chi connectivity index (χ0v) is 14.7. The number of rotatable bonds is 3. The van der Waals surface area contributed by atoms with Crippen molar-refractivity contribution in [2.75, 3.05) is 38.5 Å². The summed E-state index contributed by atoms with van der Waals surface area (Å²) in [4.78, 5) is 25.0. The summed E-state index contributed by atoms with van der Waals surface area (Å²) in [5, 5.41) is 3.90. The molecule has 2 heterocycles. The number of halogens is 2. The van der Waals surface area contributed by atoms with Crippen molar-refractivity contribution in [3.63, 3.8) is 0 Å². The Kier molecular flexibility index (Phi) is 5.18. The first-order valence-corrected chi connectivity index (χ1v) is 8.32. The molecule has 2 aromatic rings. The van der Waals surface area contributed by atoms with Gasteiger partial charge in [0.25, 0.3) is 5.91 Å². The molecule has 3 rings (SSSR count). The van der Waals surface area contributed by atoms with E-state index in [4.69, 9.17) is 23.2 Å². The third kappa shape index (κ3) is 3.77. The highest BCUT2D eigenvalue weighted by molar-refractivity contribution is 6.39. The van der Waals surface area contributed by atoms with Gasteiger partial charge in [-0.2, -0.15) is 0 Å². The third-order valence-corrected chi connectivity index (χ3v) is 4.49. The van der Waals surface area contributed by atoms with Gasteiger partial charge in [0.05, 0.1) is 15.7 Å². The van der Waals surface area contributed by atoms with Gasteiger partial charge in [-0.25, -0.2) is 9.97 Å². The molecule has 6 nitrogen and oxygen atoms in total. The largest absolute Gasteiger partial charge is 0.335 e. The van der Waals surface area contributed by atoms with Crippen LogP contribution in [-0.4, -0.2) is 58.9 Å². The van der Waals surface area contributed by atoms with Crippen LogP contribution in [0.5, 0.6) is 0 Å². The Bertz CT molecular complexity index is 727. The van der Waals surface area contributed by atoms with E-state index in [1.54, 1.807) is 35.4 Å². The number of nitrogens with zero attached hydrogens (tertiary/aromatic N) is 4. The molecule has 1 N–H and O–H groups in total. The van der Waals surface area contributed by atoms with Crippen molar-refractivity contribution in [2.45, 2.75) is 0 Å². The van der Waals surface area contributed by atoms with Crippen molar-refractivity contribution in [2.24, 2.45) is 0 Å². The molecule has 1 aliphatic heterocycles. The summed E-state index contributed by atoms with van der Waals surface area (Å²) in [7, 11) is 2.04. The molecule has 1 aromatic heterocycles. The second-order valence-corrected chi connectivity index (χ2v) is 6.40. The van der Waals surface area contributed by atoms with Crippen LogP contribution < -0.4 is 5.32 Å². The Hall–Kier alpha value is -1.89. The van der Waals surface area contributed by atoms with E-state index in [0.29, 0.717) is 34.5 Å². The third-order valence-electron chi connectivity index (χ3n) is 3.86. The molecule has 126 valence electrons. The lowest BCUT2D eigenvalue weighted by Crippen LogP contribution is -2.47. The number of carbonyl (C=O) groups excluding carboxylic acids is 1. The predicted molar refractivity (Wildman–Crippen MR) is 95.2 cm³/mol. The van der Waals surface area contributed by atoms with Crippen LogP contribution in [0.4, 0.5) is 11.6 Å². The highest BCUT2D eigenvalue weighted by atomic mass is 35.5. The molecule has 1 amide bonds. The quantitative estimate of drug-likeness (QED) is 0.905. The number of benzene rings is 1. The molecule has 0 atom stereocenters. The molecule has 0 saturated carbocycles. The summed E-state index contributed by atoms with van der Waals surface area (Å²) in [6.07, 6.45) is 1.55. The molecule has 24 heavy (non-hydrogen) atoms. The summed E-state index contributed by atoms with van der Waals surface area (Å²) >= 11 is 12.3. The van der Waals surface area contributed by atoms with Crippen LogP contribution in [0.2, 0.25) is 10.0 Å². The van der Waals surface area contributed by atoms with Gasteiger partial charge in [-0.15, -0.1) is 0 Å². The van der Waals surface area contributed by atoms with Crippen LogP contribution in [0, 0.1) is 0 Å². The fourth-order valence-electron chi connectivity index (χ4n) is 2.44. The van der Waals surface area contributed by atoms with E-state index in [2.05, 4.69) is 20.2 Å². The van der Waals surface area contributed by atoms with Crippen LogP contribution in [0.1, 0.15) is 10.5 Å². The van der Waals surface area contributed by atoms with Gasteiger partial charge in [-0.05, 0) is 25.2 Å². The standard InChI is InChI=1S/C16H17Cl2N5O/c1-22-7-9-23(10-8-22)15(24)13-5-6-19-16(20-13)21-14-11(17)3-2-4-12(14)18/h2-6H,7-10H2,1H3,(H,19,20,21).